The molecule has 1 aliphatic carbocycles. The van der Waals surface area contributed by atoms with Gasteiger partial charge >= 0.3 is 0 Å². The molecule has 3 aromatic rings. The lowest BCUT2D eigenvalue weighted by molar-refractivity contribution is -0.130. The second kappa shape index (κ2) is 9.99. The van der Waals surface area contributed by atoms with E-state index in [-0.39, 0.29) is 17.4 Å². The van der Waals surface area contributed by atoms with Gasteiger partial charge in [0.15, 0.2) is 0 Å². The number of H-pyrrole nitrogens is 2. The molecule has 1 unspecified atom stereocenters. The van der Waals surface area contributed by atoms with Crippen molar-refractivity contribution in [1.29, 1.82) is 0 Å². The van der Waals surface area contributed by atoms with Gasteiger partial charge in [-0.15, -0.1) is 0 Å². The predicted octanol–water partition coefficient (Wildman–Crippen LogP) is 3.74. The minimum Gasteiger partial charge on any atom is -0.493 e. The van der Waals surface area contributed by atoms with Gasteiger partial charge in [0.05, 0.1) is 17.9 Å². The van der Waals surface area contributed by atoms with Crippen LogP contribution in [0.25, 0.3) is 28.0 Å². The molecule has 1 aromatic carbocycles. The average molecular weight is 452 g/mol. The third-order valence-electron chi connectivity index (χ3n) is 6.01. The minimum absolute atomic E-state index is 0.210. The van der Waals surface area contributed by atoms with Crippen molar-refractivity contribution < 1.29 is 14.7 Å². The van der Waals surface area contributed by atoms with E-state index in [1.165, 1.54) is 5.57 Å². The van der Waals surface area contributed by atoms with Crippen LogP contribution in [0.5, 0.6) is 5.75 Å². The molecular weight excluding hydrogens is 422 g/mol. The molecule has 0 aliphatic heterocycles. The van der Waals surface area contributed by atoms with Gasteiger partial charge < -0.3 is 9.72 Å². The summed E-state index contributed by atoms with van der Waals surface area (Å²) in [6.45, 7) is 4.46. The van der Waals surface area contributed by atoms with E-state index in [0.717, 1.165) is 48.9 Å². The number of hydrogen-bond donors (Lipinski definition) is 4. The molecule has 0 fully saturated rings. The number of nitrogens with zero attached hydrogens (tertiary/aromatic N) is 2. The molecule has 1 aliphatic rings. The molecule has 2 aromatic heterocycles. The number of aromatic nitrogens is 4. The van der Waals surface area contributed by atoms with Crippen molar-refractivity contribution in [3.05, 3.63) is 45.9 Å². The summed E-state index contributed by atoms with van der Waals surface area (Å²) in [6, 6.07) is 5.92. The van der Waals surface area contributed by atoms with Crippen molar-refractivity contribution in [2.24, 2.45) is 5.92 Å². The minimum atomic E-state index is -0.354. The number of amides is 1. The Bertz CT molecular complexity index is 1240. The first-order valence-corrected chi connectivity index (χ1v) is 11.4. The average Bonchev–Trinajstić information content (AvgIpc) is 3.23. The van der Waals surface area contributed by atoms with Gasteiger partial charge in [0.25, 0.3) is 5.56 Å². The van der Waals surface area contributed by atoms with Crippen LogP contribution in [0.2, 0.25) is 0 Å². The molecule has 2 heterocycles. The first-order valence-electron chi connectivity index (χ1n) is 11.4. The highest BCUT2D eigenvalue weighted by Crippen LogP contribution is 2.36. The Kier molecular flexibility index (Phi) is 6.88. The molecule has 174 valence electrons. The highest BCUT2D eigenvalue weighted by molar-refractivity contribution is 5.80. The predicted molar refractivity (Wildman–Crippen MR) is 125 cm³/mol. The molecule has 0 bridgehead atoms. The van der Waals surface area contributed by atoms with Crippen molar-refractivity contribution in [2.45, 2.75) is 52.4 Å². The Morgan fingerprint density at radius 3 is 2.88 bits per heavy atom. The van der Waals surface area contributed by atoms with Gasteiger partial charge in [0.2, 0.25) is 5.91 Å². The van der Waals surface area contributed by atoms with Gasteiger partial charge in [-0.3, -0.25) is 19.9 Å². The number of benzene rings is 1. The van der Waals surface area contributed by atoms with Crippen LogP contribution in [0, 0.1) is 5.92 Å². The quantitative estimate of drug-likeness (QED) is 0.305. The van der Waals surface area contributed by atoms with Crippen LogP contribution in [0.4, 0.5) is 0 Å². The number of hydrogen-bond acceptors (Lipinski definition) is 6. The Balaban J connectivity index is 1.71. The lowest BCUT2D eigenvalue weighted by atomic mass is 9.84. The van der Waals surface area contributed by atoms with E-state index in [1.807, 2.05) is 25.1 Å². The maximum Gasteiger partial charge on any atom is 0.277 e. The molecule has 1 amide bonds. The van der Waals surface area contributed by atoms with E-state index in [0.29, 0.717) is 35.6 Å². The highest BCUT2D eigenvalue weighted by atomic mass is 16.5. The maximum absolute atomic E-state index is 12.7. The first-order chi connectivity index (χ1) is 16.0. The van der Waals surface area contributed by atoms with Crippen LogP contribution in [0.15, 0.2) is 29.1 Å². The fourth-order valence-corrected chi connectivity index (χ4v) is 4.34. The van der Waals surface area contributed by atoms with Crippen LogP contribution in [0.3, 0.4) is 0 Å². The van der Waals surface area contributed by atoms with E-state index < -0.39 is 0 Å². The van der Waals surface area contributed by atoms with Crippen molar-refractivity contribution in [3.8, 4) is 17.1 Å². The fraction of sp³-hybridized carbons (Fsp3) is 0.417. The van der Waals surface area contributed by atoms with E-state index in [1.54, 1.807) is 5.48 Å². The summed E-state index contributed by atoms with van der Waals surface area (Å²) in [6.07, 6.45) is 6.54. The summed E-state index contributed by atoms with van der Waals surface area (Å²) in [7, 11) is 0. The SMILES string of the molecule is CCCc1n[nH]c2c(=O)[nH]c(-c3cc(C4=CCC(CC(=O)NO)CC4)ccc3OCC)nc12. The molecule has 9 nitrogen and oxygen atoms in total. The van der Waals surface area contributed by atoms with Gasteiger partial charge in [-0.2, -0.15) is 5.10 Å². The topological polar surface area (TPSA) is 133 Å². The maximum atomic E-state index is 12.7. The van der Waals surface area contributed by atoms with Crippen molar-refractivity contribution in [3.63, 3.8) is 0 Å². The smallest absolute Gasteiger partial charge is 0.277 e. The summed E-state index contributed by atoms with van der Waals surface area (Å²) >= 11 is 0. The largest absolute Gasteiger partial charge is 0.493 e. The summed E-state index contributed by atoms with van der Waals surface area (Å²) < 4.78 is 5.85. The normalized spacial score (nSPS) is 16.0. The monoisotopic (exact) mass is 451 g/mol. The third kappa shape index (κ3) is 4.83. The van der Waals surface area contributed by atoms with Crippen molar-refractivity contribution in [1.82, 2.24) is 25.6 Å². The summed E-state index contributed by atoms with van der Waals surface area (Å²) in [5.74, 6) is 0.956. The number of nitrogens with one attached hydrogen (secondary N) is 3. The Morgan fingerprint density at radius 2 is 2.18 bits per heavy atom. The van der Waals surface area contributed by atoms with Gasteiger partial charge in [0.1, 0.15) is 22.6 Å². The summed E-state index contributed by atoms with van der Waals surface area (Å²) in [5, 5.41) is 15.8. The summed E-state index contributed by atoms with van der Waals surface area (Å²) in [4.78, 5) is 31.8. The Labute approximate surface area is 191 Å². The van der Waals surface area contributed by atoms with Gasteiger partial charge in [-0.05, 0) is 61.8 Å². The molecule has 33 heavy (non-hydrogen) atoms. The van der Waals surface area contributed by atoms with Crippen LogP contribution >= 0.6 is 0 Å². The Morgan fingerprint density at radius 1 is 1.33 bits per heavy atom. The molecule has 4 N–H and O–H groups in total. The van der Waals surface area contributed by atoms with E-state index >= 15 is 0 Å². The van der Waals surface area contributed by atoms with Crippen LogP contribution in [-0.2, 0) is 11.2 Å². The second-order valence-corrected chi connectivity index (χ2v) is 8.31. The number of allylic oxidation sites excluding steroid dienone is 2. The molecule has 0 radical (unpaired) electrons. The number of rotatable bonds is 8. The highest BCUT2D eigenvalue weighted by Gasteiger charge is 2.20. The number of ether oxygens (including phenoxy) is 1. The first kappa shape index (κ1) is 22.7. The summed E-state index contributed by atoms with van der Waals surface area (Å²) in [5.41, 5.74) is 6.12. The lowest BCUT2D eigenvalue weighted by Gasteiger charge is -2.22. The number of aromatic amines is 2. The van der Waals surface area contributed by atoms with Gasteiger partial charge in [-0.25, -0.2) is 10.5 Å². The van der Waals surface area contributed by atoms with E-state index in [2.05, 4.69) is 28.2 Å². The molecule has 0 saturated carbocycles. The third-order valence-corrected chi connectivity index (χ3v) is 6.01. The Hall–Kier alpha value is -3.46. The van der Waals surface area contributed by atoms with Gasteiger partial charge in [-0.1, -0.05) is 25.5 Å². The van der Waals surface area contributed by atoms with Crippen molar-refractivity contribution in [2.75, 3.05) is 6.61 Å². The molecule has 1 atom stereocenters. The molecule has 0 saturated heterocycles. The number of hydroxylamine groups is 1. The molecule has 0 spiro atoms. The van der Waals surface area contributed by atoms with Crippen LogP contribution in [0.1, 0.15) is 57.2 Å². The molecule has 4 rings (SSSR count). The van der Waals surface area contributed by atoms with Crippen LogP contribution in [-0.4, -0.2) is 37.9 Å². The number of aryl methyl sites for hydroxylation is 1. The van der Waals surface area contributed by atoms with Crippen LogP contribution < -0.4 is 15.8 Å². The molecule has 9 heteroatoms. The number of carbonyl (C=O) groups excluding carboxylic acids is 1. The number of carbonyl (C=O) groups is 1. The zero-order valence-electron chi connectivity index (χ0n) is 18.9. The standard InChI is InChI=1S/C24H29N5O4/c1-3-5-18-21-22(28-27-18)24(31)26-23(25-21)17-13-16(10-11-19(17)33-4-2)15-8-6-14(7-9-15)12-20(30)29-32/h8,10-11,13-14,32H,3-7,9,12H2,1-2H3,(H,27,28)(H,29,30)(H,25,26,31). The van der Waals surface area contributed by atoms with Gasteiger partial charge in [0, 0.05) is 6.42 Å². The van der Waals surface area contributed by atoms with E-state index in [9.17, 15) is 9.59 Å². The van der Waals surface area contributed by atoms with E-state index in [4.69, 9.17) is 14.9 Å². The van der Waals surface area contributed by atoms with Crippen molar-refractivity contribution >= 4 is 22.5 Å². The zero-order chi connectivity index (χ0) is 23.4. The molecular formula is C24H29N5O4. The number of fused-ring (bicyclic) bond motifs is 1. The zero-order valence-corrected chi connectivity index (χ0v) is 18.9. The fourth-order valence-electron chi connectivity index (χ4n) is 4.34. The lowest BCUT2D eigenvalue weighted by Crippen LogP contribution is -2.22. The second-order valence-electron chi connectivity index (χ2n) is 8.31.